The van der Waals surface area contributed by atoms with E-state index in [2.05, 4.69) is 10.00 Å². The molecule has 30 heavy (non-hydrogen) atoms. The van der Waals surface area contributed by atoms with Gasteiger partial charge in [-0.05, 0) is 43.2 Å². The van der Waals surface area contributed by atoms with Crippen molar-refractivity contribution in [2.45, 2.75) is 19.9 Å². The molecule has 1 saturated heterocycles. The van der Waals surface area contributed by atoms with E-state index < -0.39 is 0 Å². The molecule has 2 aromatic carbocycles. The molecule has 0 atom stereocenters. The average Bonchev–Trinajstić information content (AvgIpc) is 2.91. The number of nitrogens with zero attached hydrogens (tertiary/aromatic N) is 4. The van der Waals surface area contributed by atoms with Crippen LogP contribution in [0.3, 0.4) is 0 Å². The molecule has 2 heterocycles. The zero-order valence-electron chi connectivity index (χ0n) is 16.9. The number of anilines is 1. The monoisotopic (exact) mass is 426 g/mol. The van der Waals surface area contributed by atoms with Crippen molar-refractivity contribution in [3.05, 3.63) is 82.4 Å². The molecule has 3 aromatic rings. The summed E-state index contributed by atoms with van der Waals surface area (Å²) in [4.78, 5) is 17.3. The van der Waals surface area contributed by atoms with Crippen molar-refractivity contribution in [1.82, 2.24) is 14.7 Å². The number of hydrogen-bond donors (Lipinski definition) is 0. The molecule has 1 amide bonds. The molecule has 0 bridgehead atoms. The van der Waals surface area contributed by atoms with Gasteiger partial charge in [-0.3, -0.25) is 4.79 Å². The lowest BCUT2D eigenvalue weighted by atomic mass is 10.2. The van der Waals surface area contributed by atoms with E-state index in [4.69, 9.17) is 11.6 Å². The Morgan fingerprint density at radius 3 is 2.50 bits per heavy atom. The van der Waals surface area contributed by atoms with Gasteiger partial charge < -0.3 is 9.80 Å². The number of benzene rings is 2. The van der Waals surface area contributed by atoms with E-state index in [1.54, 1.807) is 16.8 Å². The highest BCUT2D eigenvalue weighted by molar-refractivity contribution is 6.33. The third-order valence-electron chi connectivity index (χ3n) is 5.43. The molecule has 0 N–H and O–H groups in total. The maximum absolute atomic E-state index is 13.3. The molecular formula is C23H24ClFN4O. The summed E-state index contributed by atoms with van der Waals surface area (Å²) in [5.74, 6) is -0.333. The number of aromatic nitrogens is 2. The molecule has 1 fully saturated rings. The maximum Gasteiger partial charge on any atom is 0.258 e. The molecule has 4 rings (SSSR count). The third kappa shape index (κ3) is 4.33. The van der Waals surface area contributed by atoms with Gasteiger partial charge in [0.05, 0.1) is 17.8 Å². The Hall–Kier alpha value is -2.86. The fraction of sp³-hybridized carbons (Fsp3) is 0.304. The molecule has 5 nitrogen and oxygen atoms in total. The van der Waals surface area contributed by atoms with Crippen molar-refractivity contribution < 1.29 is 9.18 Å². The van der Waals surface area contributed by atoms with E-state index in [0.29, 0.717) is 42.6 Å². The SMILES string of the molecule is Cc1nn(Cc2ccccc2)c(Cl)c1C(=O)N1CCCN(c2ccc(F)cc2)CC1. The van der Waals surface area contributed by atoms with Gasteiger partial charge >= 0.3 is 0 Å². The van der Waals surface area contributed by atoms with Gasteiger partial charge in [0.1, 0.15) is 11.0 Å². The van der Waals surface area contributed by atoms with Crippen LogP contribution in [0.1, 0.15) is 28.0 Å². The molecular weight excluding hydrogens is 403 g/mol. The second-order valence-electron chi connectivity index (χ2n) is 7.50. The van der Waals surface area contributed by atoms with Gasteiger partial charge in [-0.15, -0.1) is 0 Å². The molecule has 1 aromatic heterocycles. The van der Waals surface area contributed by atoms with Gasteiger partial charge in [0, 0.05) is 31.9 Å². The molecule has 1 aliphatic rings. The number of carbonyl (C=O) groups excluding carboxylic acids is 1. The van der Waals surface area contributed by atoms with E-state index in [1.165, 1.54) is 12.1 Å². The summed E-state index contributed by atoms with van der Waals surface area (Å²) < 4.78 is 14.9. The number of rotatable bonds is 4. The lowest BCUT2D eigenvalue weighted by Crippen LogP contribution is -2.35. The Balaban J connectivity index is 1.48. The smallest absolute Gasteiger partial charge is 0.258 e. The van der Waals surface area contributed by atoms with E-state index in [-0.39, 0.29) is 11.7 Å². The highest BCUT2D eigenvalue weighted by atomic mass is 35.5. The number of amides is 1. The standard InChI is InChI=1S/C23H24ClFN4O/c1-17-21(22(24)29(26-17)16-18-6-3-2-4-7-18)23(30)28-13-5-12-27(14-15-28)20-10-8-19(25)9-11-20/h2-4,6-11H,5,12-16H2,1H3. The second-order valence-corrected chi connectivity index (χ2v) is 7.86. The summed E-state index contributed by atoms with van der Waals surface area (Å²) in [7, 11) is 0. The lowest BCUT2D eigenvalue weighted by Gasteiger charge is -2.23. The summed E-state index contributed by atoms with van der Waals surface area (Å²) in [5, 5.41) is 4.88. The first-order chi connectivity index (χ1) is 14.5. The Morgan fingerprint density at radius 2 is 1.77 bits per heavy atom. The minimum absolute atomic E-state index is 0.0854. The quantitative estimate of drug-likeness (QED) is 0.621. The van der Waals surface area contributed by atoms with Crippen LogP contribution in [0, 0.1) is 12.7 Å². The van der Waals surface area contributed by atoms with E-state index in [9.17, 15) is 9.18 Å². The lowest BCUT2D eigenvalue weighted by molar-refractivity contribution is 0.0766. The predicted molar refractivity (Wildman–Crippen MR) is 117 cm³/mol. The third-order valence-corrected chi connectivity index (χ3v) is 5.81. The molecule has 0 spiro atoms. The van der Waals surface area contributed by atoms with Crippen LogP contribution in [-0.4, -0.2) is 46.8 Å². The van der Waals surface area contributed by atoms with Crippen molar-refractivity contribution in [2.24, 2.45) is 0 Å². The fourth-order valence-corrected chi connectivity index (χ4v) is 4.16. The van der Waals surface area contributed by atoms with Gasteiger partial charge in [-0.2, -0.15) is 5.10 Å². The van der Waals surface area contributed by atoms with Crippen molar-refractivity contribution in [2.75, 3.05) is 31.1 Å². The number of hydrogen-bond acceptors (Lipinski definition) is 3. The van der Waals surface area contributed by atoms with Gasteiger partial charge in [0.2, 0.25) is 0 Å². The van der Waals surface area contributed by atoms with Crippen molar-refractivity contribution in [3.63, 3.8) is 0 Å². The van der Waals surface area contributed by atoms with Crippen molar-refractivity contribution >= 4 is 23.2 Å². The number of carbonyl (C=O) groups is 1. The first-order valence-electron chi connectivity index (χ1n) is 10.1. The van der Waals surface area contributed by atoms with Crippen molar-refractivity contribution in [1.29, 1.82) is 0 Å². The van der Waals surface area contributed by atoms with Gasteiger partial charge in [-0.1, -0.05) is 41.9 Å². The van der Waals surface area contributed by atoms with E-state index in [1.807, 2.05) is 42.2 Å². The van der Waals surface area contributed by atoms with Crippen molar-refractivity contribution in [3.8, 4) is 0 Å². The summed E-state index contributed by atoms with van der Waals surface area (Å²) in [6, 6.07) is 16.4. The van der Waals surface area contributed by atoms with E-state index >= 15 is 0 Å². The largest absolute Gasteiger partial charge is 0.370 e. The summed E-state index contributed by atoms with van der Waals surface area (Å²) in [6.07, 6.45) is 0.831. The van der Waals surface area contributed by atoms with Crippen LogP contribution in [0.4, 0.5) is 10.1 Å². The normalized spacial score (nSPS) is 14.6. The molecule has 7 heteroatoms. The summed E-state index contributed by atoms with van der Waals surface area (Å²) >= 11 is 6.58. The van der Waals surface area contributed by atoms with Crippen LogP contribution in [0.15, 0.2) is 54.6 Å². The van der Waals surface area contributed by atoms with E-state index in [0.717, 1.165) is 24.2 Å². The topological polar surface area (TPSA) is 41.4 Å². The molecule has 156 valence electrons. The molecule has 1 aliphatic heterocycles. The maximum atomic E-state index is 13.3. The van der Waals surface area contributed by atoms with Gasteiger partial charge in [-0.25, -0.2) is 9.07 Å². The molecule has 0 saturated carbocycles. The first-order valence-corrected chi connectivity index (χ1v) is 10.5. The van der Waals surface area contributed by atoms with Crippen LogP contribution in [0.25, 0.3) is 0 Å². The van der Waals surface area contributed by atoms with Crippen LogP contribution in [0.5, 0.6) is 0 Å². The Kier molecular flexibility index (Phi) is 6.04. The molecule has 0 aliphatic carbocycles. The molecule has 0 radical (unpaired) electrons. The Morgan fingerprint density at radius 1 is 1.03 bits per heavy atom. The first kappa shape index (κ1) is 20.4. The second kappa shape index (κ2) is 8.88. The van der Waals surface area contributed by atoms with Gasteiger partial charge in [0.25, 0.3) is 5.91 Å². The minimum atomic E-state index is -0.247. The number of aryl methyl sites for hydroxylation is 1. The zero-order chi connectivity index (χ0) is 21.1. The van der Waals surface area contributed by atoms with Crippen LogP contribution >= 0.6 is 11.6 Å². The average molecular weight is 427 g/mol. The minimum Gasteiger partial charge on any atom is -0.370 e. The predicted octanol–water partition coefficient (Wildman–Crippen LogP) is 4.38. The Bertz CT molecular complexity index is 1020. The molecule has 0 unspecified atom stereocenters. The zero-order valence-corrected chi connectivity index (χ0v) is 17.6. The fourth-order valence-electron chi connectivity index (χ4n) is 3.85. The summed E-state index contributed by atoms with van der Waals surface area (Å²) in [6.45, 7) is 5.07. The van der Waals surface area contributed by atoms with Crippen LogP contribution in [-0.2, 0) is 6.54 Å². The highest BCUT2D eigenvalue weighted by Crippen LogP contribution is 2.24. The van der Waals surface area contributed by atoms with Crippen LogP contribution in [0.2, 0.25) is 5.15 Å². The number of halogens is 2. The Labute approximate surface area is 180 Å². The highest BCUT2D eigenvalue weighted by Gasteiger charge is 2.27. The van der Waals surface area contributed by atoms with Crippen LogP contribution < -0.4 is 4.90 Å². The van der Waals surface area contributed by atoms with Gasteiger partial charge in [0.15, 0.2) is 0 Å². The summed E-state index contributed by atoms with van der Waals surface area (Å²) in [5.41, 5.74) is 3.16.